The normalized spacial score (nSPS) is 16.5. The van der Waals surface area contributed by atoms with Gasteiger partial charge in [0.25, 0.3) is 5.91 Å². The number of nitrogens with zero attached hydrogens (tertiary/aromatic N) is 5. The molecule has 1 fully saturated rings. The average molecular weight is 489 g/mol. The van der Waals surface area contributed by atoms with Crippen LogP contribution in [-0.4, -0.2) is 51.3 Å². The highest BCUT2D eigenvalue weighted by Gasteiger charge is 2.23. The third-order valence-electron chi connectivity index (χ3n) is 6.43. The zero-order chi connectivity index (χ0) is 25.4. The number of rotatable bonds is 5. The molecule has 1 aliphatic heterocycles. The number of hydrogen-bond donors (Lipinski definition) is 1. The van der Waals surface area contributed by atoms with Gasteiger partial charge in [0.15, 0.2) is 11.6 Å². The number of fused-ring (bicyclic) bond motifs is 1. The van der Waals surface area contributed by atoms with Crippen molar-refractivity contribution in [3.05, 3.63) is 65.8 Å². The number of amides is 1. The Labute approximate surface area is 210 Å². The summed E-state index contributed by atoms with van der Waals surface area (Å²) in [6.07, 6.45) is 5.24. The van der Waals surface area contributed by atoms with E-state index in [0.29, 0.717) is 12.4 Å². The van der Waals surface area contributed by atoms with Gasteiger partial charge in [0.05, 0.1) is 35.8 Å². The van der Waals surface area contributed by atoms with Crippen molar-refractivity contribution >= 4 is 17.1 Å². The summed E-state index contributed by atoms with van der Waals surface area (Å²) >= 11 is 0. The minimum absolute atomic E-state index is 0.202. The second kappa shape index (κ2) is 9.39. The quantitative estimate of drug-likeness (QED) is 0.451. The van der Waals surface area contributed by atoms with Gasteiger partial charge in [-0.3, -0.25) is 4.79 Å². The molecular weight excluding hydrogens is 456 g/mol. The van der Waals surface area contributed by atoms with Crippen molar-refractivity contribution in [2.45, 2.75) is 52.7 Å². The lowest BCUT2D eigenvalue weighted by Crippen LogP contribution is -2.40. The van der Waals surface area contributed by atoms with Gasteiger partial charge in [-0.25, -0.2) is 14.5 Å². The maximum Gasteiger partial charge on any atom is 0.273 e. The summed E-state index contributed by atoms with van der Waals surface area (Å²) in [5, 5.41) is 7.37. The SMILES string of the molecule is Cc1cc(-c2ncnn3cc(N4CCO[C@@H](C)C4)cc23)ccc1CNC(=O)c1coc(C(C)(C)C)n1. The van der Waals surface area contributed by atoms with Crippen molar-refractivity contribution < 1.29 is 13.9 Å². The van der Waals surface area contributed by atoms with Gasteiger partial charge >= 0.3 is 0 Å². The summed E-state index contributed by atoms with van der Waals surface area (Å²) in [5.41, 5.74) is 6.06. The van der Waals surface area contributed by atoms with Crippen LogP contribution in [0.1, 0.15) is 55.2 Å². The molecule has 1 N–H and O–H groups in total. The molecule has 9 heteroatoms. The maximum absolute atomic E-state index is 12.6. The maximum atomic E-state index is 12.6. The van der Waals surface area contributed by atoms with Crippen LogP contribution in [0, 0.1) is 6.92 Å². The number of carbonyl (C=O) groups excluding carboxylic acids is 1. The van der Waals surface area contributed by atoms with Gasteiger partial charge in [0.1, 0.15) is 12.6 Å². The molecule has 1 amide bonds. The van der Waals surface area contributed by atoms with Crippen LogP contribution < -0.4 is 10.2 Å². The molecule has 1 aromatic carbocycles. The largest absolute Gasteiger partial charge is 0.448 e. The second-order valence-corrected chi connectivity index (χ2v) is 10.4. The van der Waals surface area contributed by atoms with Crippen molar-refractivity contribution in [2.75, 3.05) is 24.6 Å². The van der Waals surface area contributed by atoms with Crippen LogP contribution in [0.4, 0.5) is 5.69 Å². The lowest BCUT2D eigenvalue weighted by molar-refractivity contribution is 0.0532. The fourth-order valence-electron chi connectivity index (χ4n) is 4.39. The van der Waals surface area contributed by atoms with E-state index in [0.717, 1.165) is 53.3 Å². The van der Waals surface area contributed by atoms with Gasteiger partial charge in [-0.2, -0.15) is 5.10 Å². The molecular formula is C27H32N6O3. The van der Waals surface area contributed by atoms with E-state index in [4.69, 9.17) is 9.15 Å². The molecule has 4 aromatic rings. The lowest BCUT2D eigenvalue weighted by Gasteiger charge is -2.31. The minimum Gasteiger partial charge on any atom is -0.448 e. The highest BCUT2D eigenvalue weighted by molar-refractivity contribution is 5.92. The van der Waals surface area contributed by atoms with Gasteiger partial charge < -0.3 is 19.4 Å². The Morgan fingerprint density at radius 3 is 2.81 bits per heavy atom. The third-order valence-corrected chi connectivity index (χ3v) is 6.43. The standard InChI is InChI=1S/C27H32N6O3/c1-17-10-19(6-7-20(17)12-28-25(34)22-15-36-26(31-22)27(3,4)5)24-23-11-21(14-33(23)30-16-29-24)32-8-9-35-18(2)13-32/h6-7,10-11,14-16,18H,8-9,12-13H2,1-5H3,(H,28,34)/t18-/m0/s1. The van der Waals surface area contributed by atoms with Gasteiger partial charge in [-0.15, -0.1) is 0 Å². The number of hydrogen-bond acceptors (Lipinski definition) is 7. The molecule has 0 spiro atoms. The molecule has 5 rings (SSSR count). The van der Waals surface area contributed by atoms with E-state index in [1.165, 1.54) is 6.26 Å². The monoisotopic (exact) mass is 488 g/mol. The molecule has 1 atom stereocenters. The van der Waals surface area contributed by atoms with Crippen LogP contribution in [0.3, 0.4) is 0 Å². The zero-order valence-corrected chi connectivity index (χ0v) is 21.4. The van der Waals surface area contributed by atoms with Crippen LogP contribution in [0.5, 0.6) is 0 Å². The average Bonchev–Trinajstić information content (AvgIpc) is 3.51. The van der Waals surface area contributed by atoms with E-state index in [-0.39, 0.29) is 23.1 Å². The minimum atomic E-state index is -0.256. The Bertz CT molecular complexity index is 1400. The Balaban J connectivity index is 1.33. The van der Waals surface area contributed by atoms with E-state index in [2.05, 4.69) is 44.3 Å². The first kappa shape index (κ1) is 24.0. The number of morpholine rings is 1. The predicted molar refractivity (Wildman–Crippen MR) is 137 cm³/mol. The number of oxazole rings is 1. The number of anilines is 1. The van der Waals surface area contributed by atoms with Crippen LogP contribution in [0.15, 0.2) is 47.5 Å². The first-order valence-corrected chi connectivity index (χ1v) is 12.2. The van der Waals surface area contributed by atoms with Crippen LogP contribution in [0.2, 0.25) is 0 Å². The number of aromatic nitrogens is 4. The van der Waals surface area contributed by atoms with Gasteiger partial charge in [0, 0.05) is 30.6 Å². The van der Waals surface area contributed by atoms with Gasteiger partial charge in [0.2, 0.25) is 0 Å². The van der Waals surface area contributed by atoms with E-state index in [1.807, 2.05) is 50.5 Å². The molecule has 1 aliphatic rings. The highest BCUT2D eigenvalue weighted by Crippen LogP contribution is 2.29. The number of aryl methyl sites for hydroxylation is 1. The summed E-state index contributed by atoms with van der Waals surface area (Å²) in [6, 6.07) is 8.30. The van der Waals surface area contributed by atoms with Crippen molar-refractivity contribution in [1.82, 2.24) is 24.9 Å². The fourth-order valence-corrected chi connectivity index (χ4v) is 4.39. The van der Waals surface area contributed by atoms with Gasteiger partial charge in [-0.05, 0) is 37.1 Å². The topological polar surface area (TPSA) is 97.8 Å². The van der Waals surface area contributed by atoms with E-state index < -0.39 is 0 Å². The third kappa shape index (κ3) is 4.83. The van der Waals surface area contributed by atoms with Crippen molar-refractivity contribution in [3.8, 4) is 11.3 Å². The molecule has 9 nitrogen and oxygen atoms in total. The second-order valence-electron chi connectivity index (χ2n) is 10.4. The molecule has 0 unspecified atom stereocenters. The first-order chi connectivity index (χ1) is 17.2. The van der Waals surface area contributed by atoms with Crippen LogP contribution in [-0.2, 0) is 16.7 Å². The summed E-state index contributed by atoms with van der Waals surface area (Å²) in [7, 11) is 0. The summed E-state index contributed by atoms with van der Waals surface area (Å²) in [5.74, 6) is 0.286. The molecule has 3 aromatic heterocycles. The molecule has 1 saturated heterocycles. The molecule has 188 valence electrons. The van der Waals surface area contributed by atoms with E-state index >= 15 is 0 Å². The molecule has 0 saturated carbocycles. The summed E-state index contributed by atoms with van der Waals surface area (Å²) in [4.78, 5) is 23.8. The number of carbonyl (C=O) groups is 1. The molecule has 4 heterocycles. The molecule has 36 heavy (non-hydrogen) atoms. The predicted octanol–water partition coefficient (Wildman–Crippen LogP) is 4.15. The molecule has 0 aliphatic carbocycles. The summed E-state index contributed by atoms with van der Waals surface area (Å²) < 4.78 is 13.0. The van der Waals surface area contributed by atoms with Crippen molar-refractivity contribution in [1.29, 1.82) is 0 Å². The fraction of sp³-hybridized carbons (Fsp3) is 0.407. The Hall–Kier alpha value is -3.72. The Morgan fingerprint density at radius 1 is 1.25 bits per heavy atom. The smallest absolute Gasteiger partial charge is 0.273 e. The Kier molecular flexibility index (Phi) is 6.26. The first-order valence-electron chi connectivity index (χ1n) is 12.2. The zero-order valence-electron chi connectivity index (χ0n) is 21.4. The molecule has 0 bridgehead atoms. The summed E-state index contributed by atoms with van der Waals surface area (Å²) in [6.45, 7) is 12.9. The number of nitrogens with one attached hydrogen (secondary N) is 1. The van der Waals surface area contributed by atoms with Crippen molar-refractivity contribution in [3.63, 3.8) is 0 Å². The molecule has 0 radical (unpaired) electrons. The Morgan fingerprint density at radius 2 is 2.08 bits per heavy atom. The van der Waals surface area contributed by atoms with Crippen molar-refractivity contribution in [2.24, 2.45) is 0 Å². The lowest BCUT2D eigenvalue weighted by atomic mass is 9.97. The highest BCUT2D eigenvalue weighted by atomic mass is 16.5. The van der Waals surface area contributed by atoms with Gasteiger partial charge in [-0.1, -0.05) is 32.9 Å². The van der Waals surface area contributed by atoms with E-state index in [1.54, 1.807) is 6.33 Å². The van der Waals surface area contributed by atoms with Crippen LogP contribution >= 0.6 is 0 Å². The number of benzene rings is 1. The number of ether oxygens (including phenoxy) is 1. The van der Waals surface area contributed by atoms with Crippen LogP contribution in [0.25, 0.3) is 16.8 Å². The van der Waals surface area contributed by atoms with E-state index in [9.17, 15) is 4.79 Å².